The van der Waals surface area contributed by atoms with Gasteiger partial charge in [-0.1, -0.05) is 35.3 Å². The molecule has 0 aromatic heterocycles. The number of anilines is 1. The minimum Gasteiger partial charge on any atom is -0.494 e. The van der Waals surface area contributed by atoms with Gasteiger partial charge in [0.1, 0.15) is 11.4 Å². The minimum atomic E-state index is -0.829. The van der Waals surface area contributed by atoms with Crippen LogP contribution in [-0.4, -0.2) is 48.0 Å². The lowest BCUT2D eigenvalue weighted by molar-refractivity contribution is 0.0211. The number of likely N-dealkylation sites (tertiary alicyclic amines) is 1. The zero-order valence-electron chi connectivity index (χ0n) is 20.8. The fourth-order valence-electron chi connectivity index (χ4n) is 4.02. The summed E-state index contributed by atoms with van der Waals surface area (Å²) in [5.41, 5.74) is 18.1. The standard InChI is InChI=1S/C25H34Cl2N6O3/c1-25(2,3)36-24(34)33-11-4-5-17(33)10-12-35-18-8-6-15(7-9-18)21-19(26)13-16(14-20(21)27)31-23(30)32-22(28)29/h6-9,13-14,17,23,31H,4-5,10-12,30H2,1-3H3,(H4,28,29,32). The van der Waals surface area contributed by atoms with Crippen molar-refractivity contribution in [3.05, 3.63) is 46.4 Å². The van der Waals surface area contributed by atoms with Crippen molar-refractivity contribution in [3.8, 4) is 16.9 Å². The topological polar surface area (TPSA) is 141 Å². The fraction of sp³-hybridized carbons (Fsp3) is 0.440. The van der Waals surface area contributed by atoms with Gasteiger partial charge >= 0.3 is 6.09 Å². The van der Waals surface area contributed by atoms with E-state index < -0.39 is 11.9 Å². The number of aliphatic imine (C=N–C) groups is 1. The Bertz CT molecular complexity index is 1060. The van der Waals surface area contributed by atoms with E-state index in [-0.39, 0.29) is 18.1 Å². The normalized spacial score (nSPS) is 16.4. The molecular formula is C25H34Cl2N6O3. The SMILES string of the molecule is CC(C)(C)OC(=O)N1CCCC1CCOc1ccc(-c2c(Cl)cc(NC(N)N=C(N)N)cc2Cl)cc1. The molecule has 1 amide bonds. The quantitative estimate of drug-likeness (QED) is 0.216. The maximum atomic E-state index is 12.5. The molecule has 7 N–H and O–H groups in total. The highest BCUT2D eigenvalue weighted by Gasteiger charge is 2.31. The first-order valence-electron chi connectivity index (χ1n) is 11.8. The Labute approximate surface area is 221 Å². The number of nitrogens with two attached hydrogens (primary N) is 3. The van der Waals surface area contributed by atoms with E-state index in [1.54, 1.807) is 12.1 Å². The first-order chi connectivity index (χ1) is 16.9. The van der Waals surface area contributed by atoms with Crippen LogP contribution in [0, 0.1) is 0 Å². The van der Waals surface area contributed by atoms with E-state index in [2.05, 4.69) is 10.3 Å². The highest BCUT2D eigenvalue weighted by atomic mass is 35.5. The number of benzene rings is 2. The van der Waals surface area contributed by atoms with Gasteiger partial charge in [0, 0.05) is 30.3 Å². The average molecular weight is 537 g/mol. The van der Waals surface area contributed by atoms with Gasteiger partial charge in [-0.25, -0.2) is 9.79 Å². The summed E-state index contributed by atoms with van der Waals surface area (Å²) in [7, 11) is 0. The molecule has 1 heterocycles. The molecule has 1 fully saturated rings. The van der Waals surface area contributed by atoms with Crippen molar-refractivity contribution in [2.24, 2.45) is 22.2 Å². The molecule has 1 saturated heterocycles. The number of nitrogens with one attached hydrogen (secondary N) is 1. The van der Waals surface area contributed by atoms with Crippen LogP contribution in [0.5, 0.6) is 5.75 Å². The number of carbonyl (C=O) groups is 1. The molecule has 2 atom stereocenters. The van der Waals surface area contributed by atoms with Crippen molar-refractivity contribution in [1.82, 2.24) is 4.90 Å². The number of amides is 1. The van der Waals surface area contributed by atoms with Gasteiger partial charge in [-0.15, -0.1) is 0 Å². The third kappa shape index (κ3) is 7.81. The van der Waals surface area contributed by atoms with Gasteiger partial charge in [-0.2, -0.15) is 0 Å². The smallest absolute Gasteiger partial charge is 0.410 e. The van der Waals surface area contributed by atoms with E-state index in [0.29, 0.717) is 40.2 Å². The van der Waals surface area contributed by atoms with Crippen LogP contribution in [0.25, 0.3) is 11.1 Å². The van der Waals surface area contributed by atoms with Gasteiger partial charge in [0.05, 0.1) is 16.7 Å². The molecule has 1 aliphatic heterocycles. The zero-order valence-corrected chi connectivity index (χ0v) is 22.3. The Balaban J connectivity index is 1.59. The third-order valence-electron chi connectivity index (χ3n) is 5.51. The molecule has 36 heavy (non-hydrogen) atoms. The lowest BCUT2D eigenvalue weighted by Crippen LogP contribution is -2.40. The van der Waals surface area contributed by atoms with Gasteiger partial charge in [-0.05, 0) is 63.4 Å². The van der Waals surface area contributed by atoms with Crippen molar-refractivity contribution in [2.45, 2.75) is 58.0 Å². The minimum absolute atomic E-state index is 0.115. The molecule has 0 saturated carbocycles. The number of rotatable bonds is 8. The molecule has 9 nitrogen and oxygen atoms in total. The van der Waals surface area contributed by atoms with Crippen LogP contribution in [0.2, 0.25) is 10.0 Å². The van der Waals surface area contributed by atoms with Gasteiger partial charge in [0.15, 0.2) is 12.2 Å². The molecule has 1 aliphatic rings. The average Bonchev–Trinajstić information content (AvgIpc) is 3.21. The summed E-state index contributed by atoms with van der Waals surface area (Å²) in [6.45, 7) is 6.82. The zero-order chi connectivity index (χ0) is 26.5. The molecular weight excluding hydrogens is 503 g/mol. The summed E-state index contributed by atoms with van der Waals surface area (Å²) in [6, 6.07) is 11.0. The van der Waals surface area contributed by atoms with E-state index in [1.165, 1.54) is 0 Å². The number of ether oxygens (including phenoxy) is 2. The number of halogens is 2. The first-order valence-corrected chi connectivity index (χ1v) is 12.5. The van der Waals surface area contributed by atoms with Gasteiger partial charge < -0.3 is 31.2 Å². The Morgan fingerprint density at radius 3 is 2.42 bits per heavy atom. The van der Waals surface area contributed by atoms with Crippen molar-refractivity contribution in [1.29, 1.82) is 0 Å². The van der Waals surface area contributed by atoms with Crippen molar-refractivity contribution in [3.63, 3.8) is 0 Å². The summed E-state index contributed by atoms with van der Waals surface area (Å²) >= 11 is 13.0. The van der Waals surface area contributed by atoms with Crippen LogP contribution in [0.1, 0.15) is 40.0 Å². The lowest BCUT2D eigenvalue weighted by atomic mass is 10.0. The van der Waals surface area contributed by atoms with Crippen LogP contribution in [0.3, 0.4) is 0 Å². The maximum absolute atomic E-state index is 12.5. The van der Waals surface area contributed by atoms with Gasteiger partial charge in [-0.3, -0.25) is 5.73 Å². The molecule has 196 valence electrons. The molecule has 0 spiro atoms. The first kappa shape index (κ1) is 27.7. The monoisotopic (exact) mass is 536 g/mol. The molecule has 3 rings (SSSR count). The second-order valence-electron chi connectivity index (χ2n) is 9.59. The third-order valence-corrected chi connectivity index (χ3v) is 6.11. The van der Waals surface area contributed by atoms with Gasteiger partial charge in [0.2, 0.25) is 0 Å². The van der Waals surface area contributed by atoms with Crippen LogP contribution in [0.15, 0.2) is 41.4 Å². The molecule has 2 aromatic carbocycles. The number of carbonyl (C=O) groups excluding carboxylic acids is 1. The Hall–Kier alpha value is -2.88. The van der Waals surface area contributed by atoms with Crippen molar-refractivity contribution in [2.75, 3.05) is 18.5 Å². The number of guanidine groups is 1. The second kappa shape index (κ2) is 11.9. The highest BCUT2D eigenvalue weighted by molar-refractivity contribution is 6.39. The molecule has 0 radical (unpaired) electrons. The van der Waals surface area contributed by atoms with E-state index >= 15 is 0 Å². The maximum Gasteiger partial charge on any atom is 0.410 e. The summed E-state index contributed by atoms with van der Waals surface area (Å²) in [5.74, 6) is 0.587. The Morgan fingerprint density at radius 1 is 1.19 bits per heavy atom. The van der Waals surface area contributed by atoms with Crippen molar-refractivity contribution < 1.29 is 14.3 Å². The number of hydrogen-bond donors (Lipinski definition) is 4. The Morgan fingerprint density at radius 2 is 1.83 bits per heavy atom. The molecule has 2 unspecified atom stereocenters. The molecule has 2 aromatic rings. The van der Waals surface area contributed by atoms with E-state index in [0.717, 1.165) is 24.8 Å². The molecule has 11 heteroatoms. The van der Waals surface area contributed by atoms with Crippen LogP contribution in [0.4, 0.5) is 10.5 Å². The Kier molecular flexibility index (Phi) is 9.16. The molecule has 0 aliphatic carbocycles. The van der Waals surface area contributed by atoms with Crippen LogP contribution < -0.4 is 27.3 Å². The number of hydrogen-bond acceptors (Lipinski definition) is 6. The predicted octanol–water partition coefficient (Wildman–Crippen LogP) is 4.76. The van der Waals surface area contributed by atoms with E-state index in [4.69, 9.17) is 49.9 Å². The van der Waals surface area contributed by atoms with E-state index in [1.807, 2.05) is 49.9 Å². The summed E-state index contributed by atoms with van der Waals surface area (Å²) in [6.07, 6.45) is 1.55. The van der Waals surface area contributed by atoms with Crippen molar-refractivity contribution >= 4 is 40.9 Å². The largest absolute Gasteiger partial charge is 0.494 e. The lowest BCUT2D eigenvalue weighted by Gasteiger charge is -2.28. The summed E-state index contributed by atoms with van der Waals surface area (Å²) < 4.78 is 11.5. The fourth-order valence-corrected chi connectivity index (χ4v) is 4.73. The number of nitrogens with zero attached hydrogens (tertiary/aromatic N) is 2. The van der Waals surface area contributed by atoms with E-state index in [9.17, 15) is 4.79 Å². The van der Waals surface area contributed by atoms with Gasteiger partial charge in [0.25, 0.3) is 0 Å². The second-order valence-corrected chi connectivity index (χ2v) is 10.4. The van der Waals surface area contributed by atoms with Crippen LogP contribution >= 0.6 is 23.2 Å². The highest BCUT2D eigenvalue weighted by Crippen LogP contribution is 2.38. The summed E-state index contributed by atoms with van der Waals surface area (Å²) in [5, 5.41) is 3.81. The molecule has 0 bridgehead atoms. The van der Waals surface area contributed by atoms with Crippen LogP contribution in [-0.2, 0) is 4.74 Å². The summed E-state index contributed by atoms with van der Waals surface area (Å²) in [4.78, 5) is 18.1. The predicted molar refractivity (Wildman–Crippen MR) is 145 cm³/mol.